The molecule has 0 unspecified atom stereocenters. The van der Waals surface area contributed by atoms with E-state index in [1.54, 1.807) is 11.8 Å². The molecule has 0 spiro atoms. The largest absolute Gasteiger partial charge is 0.395 e. The Bertz CT molecular complexity index is 206. The van der Waals surface area contributed by atoms with Crippen LogP contribution in [0.3, 0.4) is 0 Å². The van der Waals surface area contributed by atoms with Crippen LogP contribution in [0.15, 0.2) is 0 Å². The average Bonchev–Trinajstić information content (AvgIpc) is 2.30. The van der Waals surface area contributed by atoms with E-state index >= 15 is 0 Å². The molecule has 0 aliphatic carbocycles. The van der Waals surface area contributed by atoms with E-state index in [9.17, 15) is 4.79 Å². The second kappa shape index (κ2) is 7.92. The minimum Gasteiger partial charge on any atom is -0.395 e. The topological polar surface area (TPSA) is 43.8 Å². The summed E-state index contributed by atoms with van der Waals surface area (Å²) in [5, 5.41) is 8.81. The van der Waals surface area contributed by atoms with Crippen molar-refractivity contribution < 1.29 is 9.90 Å². The first kappa shape index (κ1) is 13.8. The third-order valence-corrected chi connectivity index (χ3v) is 3.58. The average molecular weight is 246 g/mol. The molecule has 1 heterocycles. The van der Waals surface area contributed by atoms with Gasteiger partial charge in [0.15, 0.2) is 0 Å². The molecule has 0 aromatic carbocycles. The van der Waals surface area contributed by atoms with Gasteiger partial charge in [-0.15, -0.1) is 0 Å². The van der Waals surface area contributed by atoms with Crippen molar-refractivity contribution in [1.82, 2.24) is 9.80 Å². The molecule has 0 aromatic heterocycles. The number of thioether (sulfide) groups is 1. The van der Waals surface area contributed by atoms with Gasteiger partial charge in [0.2, 0.25) is 5.91 Å². The van der Waals surface area contributed by atoms with Crippen molar-refractivity contribution in [2.24, 2.45) is 0 Å². The second-order valence-electron chi connectivity index (χ2n) is 4.04. The van der Waals surface area contributed by atoms with E-state index in [4.69, 9.17) is 5.11 Å². The normalized spacial score (nSPS) is 17.8. The lowest BCUT2D eigenvalue weighted by Gasteiger charge is -2.34. The summed E-state index contributed by atoms with van der Waals surface area (Å²) in [4.78, 5) is 15.9. The van der Waals surface area contributed by atoms with Gasteiger partial charge >= 0.3 is 0 Å². The van der Waals surface area contributed by atoms with Gasteiger partial charge in [0.1, 0.15) is 0 Å². The van der Waals surface area contributed by atoms with Crippen LogP contribution >= 0.6 is 11.8 Å². The van der Waals surface area contributed by atoms with Crippen LogP contribution in [-0.4, -0.2) is 72.2 Å². The zero-order valence-electron chi connectivity index (χ0n) is 10.0. The van der Waals surface area contributed by atoms with E-state index in [-0.39, 0.29) is 12.5 Å². The molecule has 1 N–H and O–H groups in total. The second-order valence-corrected chi connectivity index (χ2v) is 5.03. The molecule has 5 heteroatoms. The predicted octanol–water partition coefficient (Wildman–Crippen LogP) is 0.266. The summed E-state index contributed by atoms with van der Waals surface area (Å²) < 4.78 is 0. The first-order chi connectivity index (χ1) is 7.77. The fourth-order valence-corrected chi connectivity index (χ4v) is 2.32. The minimum absolute atomic E-state index is 0.210. The predicted molar refractivity (Wildman–Crippen MR) is 67.7 cm³/mol. The highest BCUT2D eigenvalue weighted by molar-refractivity contribution is 7.98. The number of nitrogens with zero attached hydrogens (tertiary/aromatic N) is 2. The van der Waals surface area contributed by atoms with Crippen molar-refractivity contribution >= 4 is 17.7 Å². The molecule has 0 saturated carbocycles. The van der Waals surface area contributed by atoms with E-state index in [0.29, 0.717) is 6.42 Å². The summed E-state index contributed by atoms with van der Waals surface area (Å²) in [6.07, 6.45) is 3.73. The summed E-state index contributed by atoms with van der Waals surface area (Å²) in [5.41, 5.74) is 0. The van der Waals surface area contributed by atoms with Crippen LogP contribution in [0.2, 0.25) is 0 Å². The van der Waals surface area contributed by atoms with Crippen molar-refractivity contribution in [3.8, 4) is 0 Å². The molecule has 1 fully saturated rings. The molecule has 0 bridgehead atoms. The van der Waals surface area contributed by atoms with Gasteiger partial charge in [-0.1, -0.05) is 0 Å². The zero-order chi connectivity index (χ0) is 11.8. The van der Waals surface area contributed by atoms with Gasteiger partial charge in [-0.05, 0) is 18.4 Å². The maximum atomic E-state index is 11.8. The Kier molecular flexibility index (Phi) is 6.84. The highest BCUT2D eigenvalue weighted by atomic mass is 32.2. The molecule has 1 rings (SSSR count). The molecule has 0 radical (unpaired) electrons. The van der Waals surface area contributed by atoms with Crippen LogP contribution in [0.5, 0.6) is 0 Å². The number of carbonyl (C=O) groups excluding carboxylic acids is 1. The van der Waals surface area contributed by atoms with E-state index in [1.165, 1.54) is 0 Å². The number of aliphatic hydroxyl groups excluding tert-OH is 1. The van der Waals surface area contributed by atoms with E-state index in [0.717, 1.165) is 44.9 Å². The molecule has 0 aromatic rings. The molecule has 1 aliphatic heterocycles. The third kappa shape index (κ3) is 4.72. The Labute approximate surface area is 102 Å². The first-order valence-corrected chi connectivity index (χ1v) is 7.27. The maximum absolute atomic E-state index is 11.8. The number of amides is 1. The SMILES string of the molecule is CSCCCC(=O)N1CCN(CCO)CC1. The smallest absolute Gasteiger partial charge is 0.222 e. The van der Waals surface area contributed by atoms with Crippen molar-refractivity contribution in [3.63, 3.8) is 0 Å². The lowest BCUT2D eigenvalue weighted by Crippen LogP contribution is -2.49. The van der Waals surface area contributed by atoms with Crippen LogP contribution in [0.4, 0.5) is 0 Å². The molecule has 1 amide bonds. The maximum Gasteiger partial charge on any atom is 0.222 e. The highest BCUT2D eigenvalue weighted by Gasteiger charge is 2.19. The number of hydrogen-bond donors (Lipinski definition) is 1. The van der Waals surface area contributed by atoms with Crippen LogP contribution in [-0.2, 0) is 4.79 Å². The number of carbonyl (C=O) groups is 1. The summed E-state index contributed by atoms with van der Waals surface area (Å²) in [5.74, 6) is 1.36. The molecule has 94 valence electrons. The van der Waals surface area contributed by atoms with Gasteiger partial charge in [0, 0.05) is 39.1 Å². The molecule has 16 heavy (non-hydrogen) atoms. The Morgan fingerprint density at radius 1 is 1.31 bits per heavy atom. The van der Waals surface area contributed by atoms with Gasteiger partial charge in [0.05, 0.1) is 6.61 Å². The third-order valence-electron chi connectivity index (χ3n) is 2.88. The Morgan fingerprint density at radius 2 is 2.00 bits per heavy atom. The number of aliphatic hydroxyl groups is 1. The Balaban J connectivity index is 2.17. The lowest BCUT2D eigenvalue weighted by atomic mass is 10.2. The first-order valence-electron chi connectivity index (χ1n) is 5.88. The Morgan fingerprint density at radius 3 is 2.56 bits per heavy atom. The van der Waals surface area contributed by atoms with E-state index in [1.807, 2.05) is 4.90 Å². The molecular formula is C11H22N2O2S. The summed E-state index contributed by atoms with van der Waals surface area (Å²) in [6, 6.07) is 0. The van der Waals surface area contributed by atoms with Gasteiger partial charge < -0.3 is 10.0 Å². The van der Waals surface area contributed by atoms with Crippen molar-refractivity contribution in [3.05, 3.63) is 0 Å². The standard InChI is InChI=1S/C11H22N2O2S/c1-16-10-2-3-11(15)13-6-4-12(5-7-13)8-9-14/h14H,2-10H2,1H3. The van der Waals surface area contributed by atoms with Gasteiger partial charge in [0.25, 0.3) is 0 Å². The summed E-state index contributed by atoms with van der Waals surface area (Å²) >= 11 is 1.79. The monoisotopic (exact) mass is 246 g/mol. The zero-order valence-corrected chi connectivity index (χ0v) is 10.8. The van der Waals surface area contributed by atoms with Gasteiger partial charge in [-0.2, -0.15) is 11.8 Å². The summed E-state index contributed by atoms with van der Waals surface area (Å²) in [6.45, 7) is 4.37. The molecule has 4 nitrogen and oxygen atoms in total. The quantitative estimate of drug-likeness (QED) is 0.683. The lowest BCUT2D eigenvalue weighted by molar-refractivity contribution is -0.133. The van der Waals surface area contributed by atoms with Crippen LogP contribution in [0.25, 0.3) is 0 Å². The van der Waals surface area contributed by atoms with Crippen LogP contribution in [0.1, 0.15) is 12.8 Å². The highest BCUT2D eigenvalue weighted by Crippen LogP contribution is 2.06. The molecular weight excluding hydrogens is 224 g/mol. The van der Waals surface area contributed by atoms with Gasteiger partial charge in [-0.3, -0.25) is 9.69 Å². The van der Waals surface area contributed by atoms with E-state index in [2.05, 4.69) is 11.2 Å². The molecule has 1 aliphatic rings. The van der Waals surface area contributed by atoms with Crippen molar-refractivity contribution in [1.29, 1.82) is 0 Å². The fraction of sp³-hybridized carbons (Fsp3) is 0.909. The number of β-amino-alcohol motifs (C(OH)–C–C–N with tert-alkyl or cyclic N) is 1. The minimum atomic E-state index is 0.210. The van der Waals surface area contributed by atoms with E-state index < -0.39 is 0 Å². The molecule has 0 atom stereocenters. The molecule has 1 saturated heterocycles. The summed E-state index contributed by atoms with van der Waals surface area (Å²) in [7, 11) is 0. The number of hydrogen-bond acceptors (Lipinski definition) is 4. The Hall–Kier alpha value is -0.260. The van der Waals surface area contributed by atoms with Crippen LogP contribution in [0, 0.1) is 0 Å². The number of rotatable bonds is 6. The van der Waals surface area contributed by atoms with Crippen molar-refractivity contribution in [2.75, 3.05) is 51.3 Å². The van der Waals surface area contributed by atoms with Gasteiger partial charge in [-0.25, -0.2) is 0 Å². The number of piperazine rings is 1. The fourth-order valence-electron chi connectivity index (χ4n) is 1.89. The van der Waals surface area contributed by atoms with Crippen molar-refractivity contribution in [2.45, 2.75) is 12.8 Å². The van der Waals surface area contributed by atoms with Crippen LogP contribution < -0.4 is 0 Å².